The molecule has 0 amide bonds. The number of aromatic nitrogens is 1. The molecule has 3 unspecified atom stereocenters. The van der Waals surface area contributed by atoms with Gasteiger partial charge in [-0.3, -0.25) is 16.3 Å². The summed E-state index contributed by atoms with van der Waals surface area (Å²) in [5, 5.41) is 1.14. The van der Waals surface area contributed by atoms with Crippen LogP contribution in [-0.2, 0) is 0 Å². The van der Waals surface area contributed by atoms with E-state index in [1.54, 1.807) is 0 Å². The number of aryl methyl sites for hydroxylation is 1. The van der Waals surface area contributed by atoms with Crippen LogP contribution in [0.1, 0.15) is 24.2 Å². The molecule has 0 aromatic carbocycles. The Balaban J connectivity index is 2.17. The molecular formula is C12H19N3S2. The summed E-state index contributed by atoms with van der Waals surface area (Å²) in [5.41, 5.74) is 5.19. The zero-order valence-corrected chi connectivity index (χ0v) is 11.9. The number of hydrogen-bond donors (Lipinski definition) is 2. The van der Waals surface area contributed by atoms with E-state index in [4.69, 9.17) is 5.84 Å². The van der Waals surface area contributed by atoms with Crippen molar-refractivity contribution in [2.24, 2.45) is 5.84 Å². The first kappa shape index (κ1) is 13.2. The summed E-state index contributed by atoms with van der Waals surface area (Å²) in [4.78, 5) is 4.36. The van der Waals surface area contributed by atoms with E-state index in [0.717, 1.165) is 5.69 Å². The van der Waals surface area contributed by atoms with Crippen molar-refractivity contribution in [3.63, 3.8) is 0 Å². The zero-order valence-electron chi connectivity index (χ0n) is 10.2. The van der Waals surface area contributed by atoms with E-state index in [2.05, 4.69) is 23.4 Å². The average Bonchev–Trinajstić information content (AvgIpc) is 2.35. The standard InChI is InChI=1S/C12H19N3S2/c1-8-3-4-10(7-14-8)11(15-13)12-9(2)16-5-6-17-12/h3-4,7,9,11-12,15H,5-6,13H2,1-2H3. The van der Waals surface area contributed by atoms with Crippen LogP contribution in [0.25, 0.3) is 0 Å². The fraction of sp³-hybridized carbons (Fsp3) is 0.583. The monoisotopic (exact) mass is 269 g/mol. The van der Waals surface area contributed by atoms with Crippen LogP contribution in [0.4, 0.5) is 0 Å². The minimum absolute atomic E-state index is 0.191. The number of hydrogen-bond acceptors (Lipinski definition) is 5. The Morgan fingerprint density at radius 3 is 2.76 bits per heavy atom. The average molecular weight is 269 g/mol. The predicted molar refractivity (Wildman–Crippen MR) is 77.2 cm³/mol. The van der Waals surface area contributed by atoms with E-state index >= 15 is 0 Å². The van der Waals surface area contributed by atoms with Gasteiger partial charge in [-0.1, -0.05) is 13.0 Å². The van der Waals surface area contributed by atoms with Gasteiger partial charge in [0.25, 0.3) is 0 Å². The molecule has 3 atom stereocenters. The topological polar surface area (TPSA) is 50.9 Å². The Bertz CT molecular complexity index is 355. The van der Waals surface area contributed by atoms with Crippen LogP contribution in [0.3, 0.4) is 0 Å². The minimum Gasteiger partial charge on any atom is -0.271 e. The van der Waals surface area contributed by atoms with Gasteiger partial charge in [0.05, 0.1) is 6.04 Å². The summed E-state index contributed by atoms with van der Waals surface area (Å²) in [6.07, 6.45) is 1.94. The van der Waals surface area contributed by atoms with Gasteiger partial charge in [0, 0.05) is 33.9 Å². The lowest BCUT2D eigenvalue weighted by Gasteiger charge is -2.34. The molecule has 2 heterocycles. The lowest BCUT2D eigenvalue weighted by atomic mass is 10.0. The number of hydrazine groups is 1. The third-order valence-electron chi connectivity index (χ3n) is 3.04. The minimum atomic E-state index is 0.191. The van der Waals surface area contributed by atoms with Crippen LogP contribution >= 0.6 is 23.5 Å². The van der Waals surface area contributed by atoms with Gasteiger partial charge in [-0.15, -0.1) is 0 Å². The van der Waals surface area contributed by atoms with Crippen molar-refractivity contribution in [2.45, 2.75) is 30.4 Å². The Morgan fingerprint density at radius 1 is 1.41 bits per heavy atom. The molecule has 1 aliphatic heterocycles. The molecule has 0 bridgehead atoms. The molecule has 3 nitrogen and oxygen atoms in total. The summed E-state index contributed by atoms with van der Waals surface area (Å²) in [6, 6.07) is 4.36. The molecule has 1 aromatic heterocycles. The molecule has 0 saturated carbocycles. The quantitative estimate of drug-likeness (QED) is 0.650. The second-order valence-corrected chi connectivity index (χ2v) is 7.06. The molecule has 17 heavy (non-hydrogen) atoms. The van der Waals surface area contributed by atoms with Crippen molar-refractivity contribution in [3.05, 3.63) is 29.6 Å². The molecule has 94 valence electrons. The van der Waals surface area contributed by atoms with Gasteiger partial charge in [0.2, 0.25) is 0 Å². The SMILES string of the molecule is Cc1ccc(C(NN)C2SCCSC2C)cn1. The highest BCUT2D eigenvalue weighted by atomic mass is 32.2. The van der Waals surface area contributed by atoms with Gasteiger partial charge in [-0.25, -0.2) is 0 Å². The Labute approximate surface area is 111 Å². The number of rotatable bonds is 3. The summed E-state index contributed by atoms with van der Waals surface area (Å²) < 4.78 is 0. The second kappa shape index (κ2) is 6.09. The van der Waals surface area contributed by atoms with Crippen LogP contribution in [0, 0.1) is 6.92 Å². The first-order chi connectivity index (χ1) is 8.22. The van der Waals surface area contributed by atoms with Gasteiger partial charge in [-0.05, 0) is 18.6 Å². The van der Waals surface area contributed by atoms with E-state index in [1.807, 2.05) is 42.7 Å². The molecule has 0 aliphatic carbocycles. The summed E-state index contributed by atoms with van der Waals surface area (Å²) >= 11 is 4.04. The van der Waals surface area contributed by atoms with Gasteiger partial charge in [0.1, 0.15) is 0 Å². The summed E-state index contributed by atoms with van der Waals surface area (Å²) in [5.74, 6) is 8.18. The molecule has 3 N–H and O–H groups in total. The molecule has 5 heteroatoms. The number of nitrogens with zero attached hydrogens (tertiary/aromatic N) is 1. The van der Waals surface area contributed by atoms with Crippen LogP contribution in [0.2, 0.25) is 0 Å². The normalized spacial score (nSPS) is 26.8. The molecule has 1 fully saturated rings. The molecule has 0 spiro atoms. The molecule has 2 rings (SSSR count). The van der Waals surface area contributed by atoms with Gasteiger partial charge in [-0.2, -0.15) is 23.5 Å². The van der Waals surface area contributed by atoms with Gasteiger partial charge < -0.3 is 0 Å². The molecular weight excluding hydrogens is 250 g/mol. The van der Waals surface area contributed by atoms with E-state index in [0.29, 0.717) is 10.5 Å². The van der Waals surface area contributed by atoms with Gasteiger partial charge in [0.15, 0.2) is 0 Å². The number of nitrogens with one attached hydrogen (secondary N) is 1. The number of thioether (sulfide) groups is 2. The molecule has 0 radical (unpaired) electrons. The lowest BCUT2D eigenvalue weighted by Crippen LogP contribution is -2.41. The van der Waals surface area contributed by atoms with Gasteiger partial charge >= 0.3 is 0 Å². The van der Waals surface area contributed by atoms with Crippen molar-refractivity contribution in [1.29, 1.82) is 0 Å². The highest BCUT2D eigenvalue weighted by Gasteiger charge is 2.30. The Kier molecular flexibility index (Phi) is 4.73. The Hall–Kier alpha value is -0.230. The van der Waals surface area contributed by atoms with Crippen molar-refractivity contribution < 1.29 is 0 Å². The zero-order chi connectivity index (χ0) is 12.3. The van der Waals surface area contributed by atoms with Crippen molar-refractivity contribution in [1.82, 2.24) is 10.4 Å². The maximum Gasteiger partial charge on any atom is 0.0604 e. The Morgan fingerprint density at radius 2 is 2.18 bits per heavy atom. The molecule has 1 aliphatic rings. The summed E-state index contributed by atoms with van der Waals surface area (Å²) in [7, 11) is 0. The highest BCUT2D eigenvalue weighted by Crippen LogP contribution is 2.38. The van der Waals surface area contributed by atoms with E-state index in [-0.39, 0.29) is 6.04 Å². The van der Waals surface area contributed by atoms with E-state index < -0.39 is 0 Å². The number of nitrogens with two attached hydrogens (primary N) is 1. The van der Waals surface area contributed by atoms with Crippen molar-refractivity contribution in [2.75, 3.05) is 11.5 Å². The maximum atomic E-state index is 5.74. The largest absolute Gasteiger partial charge is 0.271 e. The second-order valence-electron chi connectivity index (χ2n) is 4.29. The highest BCUT2D eigenvalue weighted by molar-refractivity contribution is 8.07. The third kappa shape index (κ3) is 3.16. The smallest absolute Gasteiger partial charge is 0.0604 e. The number of pyridine rings is 1. The van der Waals surface area contributed by atoms with Crippen molar-refractivity contribution >= 4 is 23.5 Å². The van der Waals surface area contributed by atoms with E-state index in [9.17, 15) is 0 Å². The van der Waals surface area contributed by atoms with Crippen LogP contribution in [0.5, 0.6) is 0 Å². The van der Waals surface area contributed by atoms with Crippen LogP contribution < -0.4 is 11.3 Å². The third-order valence-corrected chi connectivity index (χ3v) is 6.23. The van der Waals surface area contributed by atoms with Crippen molar-refractivity contribution in [3.8, 4) is 0 Å². The first-order valence-corrected chi connectivity index (χ1v) is 7.94. The van der Waals surface area contributed by atoms with Crippen LogP contribution in [-0.4, -0.2) is 27.0 Å². The molecule has 1 saturated heterocycles. The first-order valence-electron chi connectivity index (χ1n) is 5.84. The fourth-order valence-electron chi connectivity index (χ4n) is 2.06. The van der Waals surface area contributed by atoms with E-state index in [1.165, 1.54) is 17.1 Å². The van der Waals surface area contributed by atoms with Crippen LogP contribution in [0.15, 0.2) is 18.3 Å². The predicted octanol–water partition coefficient (Wildman–Crippen LogP) is 2.13. The summed E-state index contributed by atoms with van der Waals surface area (Å²) in [6.45, 7) is 4.29. The maximum absolute atomic E-state index is 5.74. The fourth-order valence-corrected chi connectivity index (χ4v) is 4.99. The lowest BCUT2D eigenvalue weighted by molar-refractivity contribution is 0.525. The molecule has 1 aromatic rings.